The molecule has 2 aromatic rings. The van der Waals surface area contributed by atoms with Crippen LogP contribution in [-0.2, 0) is 16.0 Å². The highest BCUT2D eigenvalue weighted by molar-refractivity contribution is 8.18. The first-order valence-corrected chi connectivity index (χ1v) is 9.24. The summed E-state index contributed by atoms with van der Waals surface area (Å²) in [7, 11) is 0. The second-order valence-electron chi connectivity index (χ2n) is 4.90. The zero-order valence-corrected chi connectivity index (χ0v) is 15.5. The van der Waals surface area contributed by atoms with Crippen molar-refractivity contribution in [1.82, 2.24) is 10.3 Å². The molecule has 1 saturated heterocycles. The van der Waals surface area contributed by atoms with Gasteiger partial charge in [0.1, 0.15) is 0 Å². The maximum atomic E-state index is 11.9. The van der Waals surface area contributed by atoms with Gasteiger partial charge >= 0.3 is 0 Å². The van der Waals surface area contributed by atoms with Crippen LogP contribution in [0.1, 0.15) is 10.4 Å². The first kappa shape index (κ1) is 17.9. The first-order valence-electron chi connectivity index (χ1n) is 6.85. The summed E-state index contributed by atoms with van der Waals surface area (Å²) in [5, 5.41) is 5.51. The number of amides is 3. The van der Waals surface area contributed by atoms with E-state index in [0.717, 1.165) is 16.5 Å². The quantitative estimate of drug-likeness (QED) is 0.743. The van der Waals surface area contributed by atoms with Crippen LogP contribution in [0, 0.1) is 0 Å². The summed E-state index contributed by atoms with van der Waals surface area (Å²) in [6.07, 6.45) is 3.32. The number of anilines is 1. The van der Waals surface area contributed by atoms with Gasteiger partial charge in [0.15, 0.2) is 5.13 Å². The van der Waals surface area contributed by atoms with Crippen molar-refractivity contribution >= 4 is 68.5 Å². The Morgan fingerprint density at radius 1 is 1.28 bits per heavy atom. The van der Waals surface area contributed by atoms with Gasteiger partial charge in [-0.15, -0.1) is 11.3 Å². The van der Waals surface area contributed by atoms with E-state index in [4.69, 9.17) is 23.2 Å². The summed E-state index contributed by atoms with van der Waals surface area (Å²) in [5.41, 5.74) is 0.968. The molecule has 3 rings (SSSR count). The third kappa shape index (κ3) is 4.60. The molecular formula is C15H9Cl2N3O3S2. The highest BCUT2D eigenvalue weighted by Crippen LogP contribution is 2.27. The Morgan fingerprint density at radius 3 is 2.76 bits per heavy atom. The standard InChI is InChI=1S/C15H9Cl2N3O3S2/c16-9-2-1-7(4-10(9)17)3-8-6-18-14(24-8)19-12(21)5-11-13(22)20-15(23)25-11/h1-2,4-6H,3H2,(H,18,19,21)(H,20,22,23). The third-order valence-electron chi connectivity index (χ3n) is 3.05. The number of benzene rings is 1. The smallest absolute Gasteiger partial charge is 0.290 e. The SMILES string of the molecule is O=C(C=C1SC(=O)NC1=O)Nc1ncc(Cc2ccc(Cl)c(Cl)c2)s1. The molecule has 1 fully saturated rings. The van der Waals surface area contributed by atoms with E-state index in [2.05, 4.69) is 15.6 Å². The van der Waals surface area contributed by atoms with Gasteiger partial charge in [-0.05, 0) is 29.5 Å². The largest absolute Gasteiger partial charge is 0.298 e. The first-order chi connectivity index (χ1) is 11.9. The van der Waals surface area contributed by atoms with E-state index < -0.39 is 17.1 Å². The number of hydrogen-bond donors (Lipinski definition) is 2. The minimum absolute atomic E-state index is 0.0510. The third-order valence-corrected chi connectivity index (χ3v) is 5.51. The normalized spacial score (nSPS) is 15.5. The highest BCUT2D eigenvalue weighted by Gasteiger charge is 2.26. The molecule has 6 nitrogen and oxygen atoms in total. The Hall–Kier alpha value is -1.87. The Bertz CT molecular complexity index is 911. The van der Waals surface area contributed by atoms with Crippen LogP contribution in [0.25, 0.3) is 0 Å². The van der Waals surface area contributed by atoms with Crippen LogP contribution in [0.15, 0.2) is 35.4 Å². The molecular weight excluding hydrogens is 405 g/mol. The number of nitrogens with one attached hydrogen (secondary N) is 2. The van der Waals surface area contributed by atoms with Gasteiger partial charge in [0.25, 0.3) is 17.1 Å². The number of carbonyl (C=O) groups is 3. The van der Waals surface area contributed by atoms with Crippen LogP contribution in [0.3, 0.4) is 0 Å². The lowest BCUT2D eigenvalue weighted by Crippen LogP contribution is -2.18. The summed E-state index contributed by atoms with van der Waals surface area (Å²) in [4.78, 5) is 39.5. The van der Waals surface area contributed by atoms with Crippen LogP contribution in [0.5, 0.6) is 0 Å². The number of halogens is 2. The number of hydrogen-bond acceptors (Lipinski definition) is 6. The summed E-state index contributed by atoms with van der Waals surface area (Å²) in [6, 6.07) is 5.36. The van der Waals surface area contributed by atoms with Gasteiger partial charge in [0.2, 0.25) is 0 Å². The topological polar surface area (TPSA) is 88.2 Å². The molecule has 2 heterocycles. The summed E-state index contributed by atoms with van der Waals surface area (Å²) in [6.45, 7) is 0. The highest BCUT2D eigenvalue weighted by atomic mass is 35.5. The fourth-order valence-corrected chi connectivity index (χ4v) is 3.80. The van der Waals surface area contributed by atoms with E-state index in [9.17, 15) is 14.4 Å². The molecule has 0 spiro atoms. The van der Waals surface area contributed by atoms with Crippen LogP contribution >= 0.6 is 46.3 Å². The fourth-order valence-electron chi connectivity index (χ4n) is 1.98. The Kier molecular flexibility index (Phi) is 5.43. The average molecular weight is 414 g/mol. The lowest BCUT2D eigenvalue weighted by atomic mass is 10.1. The van der Waals surface area contributed by atoms with Crippen molar-refractivity contribution in [2.45, 2.75) is 6.42 Å². The maximum absolute atomic E-state index is 11.9. The summed E-state index contributed by atoms with van der Waals surface area (Å²) >= 11 is 13.9. The summed E-state index contributed by atoms with van der Waals surface area (Å²) < 4.78 is 0. The lowest BCUT2D eigenvalue weighted by molar-refractivity contribution is -0.116. The number of aromatic nitrogens is 1. The number of thiazole rings is 1. The van der Waals surface area contributed by atoms with Crippen molar-refractivity contribution < 1.29 is 14.4 Å². The fraction of sp³-hybridized carbons (Fsp3) is 0.0667. The van der Waals surface area contributed by atoms with E-state index in [0.29, 0.717) is 33.4 Å². The minimum Gasteiger partial charge on any atom is -0.298 e. The van der Waals surface area contributed by atoms with E-state index in [-0.39, 0.29) is 4.91 Å². The molecule has 2 N–H and O–H groups in total. The molecule has 0 aliphatic carbocycles. The molecule has 10 heteroatoms. The maximum Gasteiger partial charge on any atom is 0.290 e. The van der Waals surface area contributed by atoms with Gasteiger partial charge in [0, 0.05) is 23.6 Å². The van der Waals surface area contributed by atoms with Crippen LogP contribution in [0.4, 0.5) is 9.93 Å². The van der Waals surface area contributed by atoms with E-state index in [1.807, 2.05) is 6.07 Å². The molecule has 0 atom stereocenters. The Morgan fingerprint density at radius 2 is 2.08 bits per heavy atom. The molecule has 3 amide bonds. The van der Waals surface area contributed by atoms with Gasteiger partial charge in [0.05, 0.1) is 15.0 Å². The van der Waals surface area contributed by atoms with Gasteiger partial charge in [-0.3, -0.25) is 25.0 Å². The van der Waals surface area contributed by atoms with Gasteiger partial charge in [-0.2, -0.15) is 0 Å². The van der Waals surface area contributed by atoms with Gasteiger partial charge in [-0.1, -0.05) is 29.3 Å². The van der Waals surface area contributed by atoms with Crippen LogP contribution in [-0.4, -0.2) is 22.0 Å². The molecule has 128 valence electrons. The molecule has 25 heavy (non-hydrogen) atoms. The number of nitrogens with zero attached hydrogens (tertiary/aromatic N) is 1. The summed E-state index contributed by atoms with van der Waals surface area (Å²) in [5.74, 6) is -1.10. The molecule has 1 aliphatic heterocycles. The minimum atomic E-state index is -0.579. The predicted molar refractivity (Wildman–Crippen MR) is 99.2 cm³/mol. The molecule has 0 radical (unpaired) electrons. The zero-order valence-electron chi connectivity index (χ0n) is 12.3. The predicted octanol–water partition coefficient (Wildman–Crippen LogP) is 3.85. The van der Waals surface area contributed by atoms with Crippen molar-refractivity contribution in [2.75, 3.05) is 5.32 Å². The van der Waals surface area contributed by atoms with E-state index >= 15 is 0 Å². The van der Waals surface area contributed by atoms with Crippen LogP contribution in [0.2, 0.25) is 10.0 Å². The molecule has 0 saturated carbocycles. The zero-order chi connectivity index (χ0) is 18.0. The second-order valence-corrected chi connectivity index (χ2v) is 7.84. The van der Waals surface area contributed by atoms with Crippen molar-refractivity contribution in [3.63, 3.8) is 0 Å². The monoisotopic (exact) mass is 413 g/mol. The lowest BCUT2D eigenvalue weighted by Gasteiger charge is -2.01. The molecule has 1 aromatic carbocycles. The molecule has 1 aliphatic rings. The number of rotatable bonds is 4. The van der Waals surface area contributed by atoms with Gasteiger partial charge < -0.3 is 0 Å². The second kappa shape index (κ2) is 7.57. The van der Waals surface area contributed by atoms with Gasteiger partial charge in [-0.25, -0.2) is 4.98 Å². The number of carbonyl (C=O) groups excluding carboxylic acids is 3. The number of thioether (sulfide) groups is 1. The molecule has 1 aromatic heterocycles. The van der Waals surface area contributed by atoms with Crippen molar-refractivity contribution in [3.05, 3.63) is 55.9 Å². The van der Waals surface area contributed by atoms with E-state index in [1.54, 1.807) is 18.3 Å². The average Bonchev–Trinajstić information content (AvgIpc) is 3.09. The van der Waals surface area contributed by atoms with Crippen LogP contribution < -0.4 is 10.6 Å². The van der Waals surface area contributed by atoms with Crippen molar-refractivity contribution in [1.29, 1.82) is 0 Å². The Labute approximate surface area is 160 Å². The molecule has 0 unspecified atom stereocenters. The van der Waals surface area contributed by atoms with Crippen molar-refractivity contribution in [3.8, 4) is 0 Å². The van der Waals surface area contributed by atoms with E-state index in [1.165, 1.54) is 11.3 Å². The van der Waals surface area contributed by atoms with Crippen molar-refractivity contribution in [2.24, 2.45) is 0 Å². The molecule has 0 bridgehead atoms. The number of imide groups is 1. The Balaban J connectivity index is 1.64.